The van der Waals surface area contributed by atoms with Crippen molar-refractivity contribution >= 4 is 11.0 Å². The van der Waals surface area contributed by atoms with Crippen LogP contribution in [0.5, 0.6) is 5.75 Å². The number of para-hydroxylation sites is 2. The van der Waals surface area contributed by atoms with Crippen LogP contribution in [0.15, 0.2) is 42.5 Å². The molecule has 3 nitrogen and oxygen atoms in total. The van der Waals surface area contributed by atoms with Crippen molar-refractivity contribution in [3.8, 4) is 5.75 Å². The lowest BCUT2D eigenvalue weighted by Gasteiger charge is -2.22. The minimum absolute atomic E-state index is 0.482. The molecule has 0 aliphatic heterocycles. The molecule has 0 unspecified atom stereocenters. The van der Waals surface area contributed by atoms with Crippen LogP contribution in [0.3, 0.4) is 0 Å². The summed E-state index contributed by atoms with van der Waals surface area (Å²) in [6, 6.07) is 15.2. The molecule has 0 N–H and O–H groups in total. The first-order chi connectivity index (χ1) is 14.6. The lowest BCUT2D eigenvalue weighted by molar-refractivity contribution is 0.298. The van der Waals surface area contributed by atoms with Crippen molar-refractivity contribution in [2.24, 2.45) is 0 Å². The van der Waals surface area contributed by atoms with Crippen molar-refractivity contribution in [1.82, 2.24) is 9.55 Å². The minimum Gasteiger partial charge on any atom is -0.493 e. The fraction of sp³-hybridized carbons (Fsp3) is 0.519. The molecular weight excluding hydrogens is 368 g/mol. The molecule has 30 heavy (non-hydrogen) atoms. The summed E-state index contributed by atoms with van der Waals surface area (Å²) < 4.78 is 8.71. The zero-order chi connectivity index (χ0) is 20.9. The van der Waals surface area contributed by atoms with Gasteiger partial charge in [-0.2, -0.15) is 0 Å². The van der Waals surface area contributed by atoms with Gasteiger partial charge in [0.05, 0.1) is 17.6 Å². The van der Waals surface area contributed by atoms with E-state index < -0.39 is 0 Å². The van der Waals surface area contributed by atoms with Gasteiger partial charge < -0.3 is 9.30 Å². The predicted octanol–water partition coefficient (Wildman–Crippen LogP) is 7.38. The van der Waals surface area contributed by atoms with E-state index in [2.05, 4.69) is 67.8 Å². The minimum atomic E-state index is 0.482. The Bertz CT molecular complexity index is 966. The van der Waals surface area contributed by atoms with Gasteiger partial charge in [-0.1, -0.05) is 57.4 Å². The summed E-state index contributed by atoms with van der Waals surface area (Å²) in [6.45, 7) is 8.39. The number of aromatic nitrogens is 2. The van der Waals surface area contributed by atoms with E-state index in [1.54, 1.807) is 0 Å². The number of unbranched alkanes of at least 4 members (excludes halogenated alkanes) is 1. The number of hydrogen-bond acceptors (Lipinski definition) is 2. The van der Waals surface area contributed by atoms with Gasteiger partial charge in [-0.15, -0.1) is 0 Å². The number of ether oxygens (including phenoxy) is 1. The van der Waals surface area contributed by atoms with Crippen LogP contribution in [-0.4, -0.2) is 16.2 Å². The van der Waals surface area contributed by atoms with E-state index in [9.17, 15) is 0 Å². The molecule has 0 saturated heterocycles. The first-order valence-electron chi connectivity index (χ1n) is 11.8. The van der Waals surface area contributed by atoms with Crippen LogP contribution in [-0.2, 0) is 6.54 Å². The Hall–Kier alpha value is -2.29. The maximum Gasteiger partial charge on any atom is 0.122 e. The zero-order valence-corrected chi connectivity index (χ0v) is 18.9. The average molecular weight is 405 g/mol. The van der Waals surface area contributed by atoms with Crippen molar-refractivity contribution in [2.75, 3.05) is 6.61 Å². The normalized spacial score (nSPS) is 15.2. The SMILES string of the molecule is Cc1ccc(C(C)C)c(OCCCCn2c(C3CCCCC3)nc3ccccc32)c1. The summed E-state index contributed by atoms with van der Waals surface area (Å²) in [7, 11) is 0. The molecule has 4 rings (SSSR count). The smallest absolute Gasteiger partial charge is 0.122 e. The van der Waals surface area contributed by atoms with E-state index >= 15 is 0 Å². The number of aryl methyl sites for hydroxylation is 2. The van der Waals surface area contributed by atoms with E-state index in [1.165, 1.54) is 54.6 Å². The maximum absolute atomic E-state index is 6.21. The summed E-state index contributed by atoms with van der Waals surface area (Å²) in [6.07, 6.45) is 8.82. The molecule has 3 heteroatoms. The third-order valence-corrected chi connectivity index (χ3v) is 6.48. The summed E-state index contributed by atoms with van der Waals surface area (Å²) in [5.41, 5.74) is 5.01. The standard InChI is InChI=1S/C27H36N2O/c1-20(2)23-16-15-21(3)19-26(23)30-18-10-9-17-29-25-14-8-7-13-24(25)28-27(29)22-11-5-4-6-12-22/h7-8,13-16,19-20,22H,4-6,9-12,17-18H2,1-3H3. The van der Waals surface area contributed by atoms with Gasteiger partial charge in [0.25, 0.3) is 0 Å². The molecule has 1 aromatic heterocycles. The van der Waals surface area contributed by atoms with Gasteiger partial charge in [0.2, 0.25) is 0 Å². The van der Waals surface area contributed by atoms with Crippen molar-refractivity contribution in [1.29, 1.82) is 0 Å². The Balaban J connectivity index is 1.40. The Morgan fingerprint density at radius 2 is 1.83 bits per heavy atom. The van der Waals surface area contributed by atoms with Crippen LogP contribution < -0.4 is 4.74 Å². The average Bonchev–Trinajstić information content (AvgIpc) is 3.13. The molecule has 1 saturated carbocycles. The molecule has 0 radical (unpaired) electrons. The molecule has 160 valence electrons. The Kier molecular flexibility index (Phi) is 6.76. The summed E-state index contributed by atoms with van der Waals surface area (Å²) in [4.78, 5) is 5.06. The largest absolute Gasteiger partial charge is 0.493 e. The second kappa shape index (κ2) is 9.68. The van der Waals surface area contributed by atoms with E-state index in [1.807, 2.05) is 0 Å². The number of imidazole rings is 1. The zero-order valence-electron chi connectivity index (χ0n) is 18.9. The lowest BCUT2D eigenvalue weighted by atomic mass is 9.88. The highest BCUT2D eigenvalue weighted by atomic mass is 16.5. The number of nitrogens with zero attached hydrogens (tertiary/aromatic N) is 2. The summed E-state index contributed by atoms with van der Waals surface area (Å²) >= 11 is 0. The molecule has 1 fully saturated rings. The number of fused-ring (bicyclic) bond motifs is 1. The van der Waals surface area contributed by atoms with E-state index in [-0.39, 0.29) is 0 Å². The van der Waals surface area contributed by atoms with Crippen molar-refractivity contribution in [3.63, 3.8) is 0 Å². The van der Waals surface area contributed by atoms with E-state index in [0.717, 1.165) is 37.3 Å². The third kappa shape index (κ3) is 4.71. The third-order valence-electron chi connectivity index (χ3n) is 6.48. The van der Waals surface area contributed by atoms with Gasteiger partial charge in [-0.05, 0) is 67.9 Å². The molecule has 0 amide bonds. The Morgan fingerprint density at radius 1 is 1.03 bits per heavy atom. The van der Waals surface area contributed by atoms with Crippen LogP contribution in [0.25, 0.3) is 11.0 Å². The fourth-order valence-electron chi connectivity index (χ4n) is 4.80. The Labute approximate surface area is 181 Å². The molecule has 0 bridgehead atoms. The highest BCUT2D eigenvalue weighted by Crippen LogP contribution is 2.34. The summed E-state index contributed by atoms with van der Waals surface area (Å²) in [5, 5.41) is 0. The van der Waals surface area contributed by atoms with Crippen molar-refractivity contribution in [3.05, 3.63) is 59.4 Å². The number of rotatable bonds is 8. The van der Waals surface area contributed by atoms with Gasteiger partial charge in [0.15, 0.2) is 0 Å². The summed E-state index contributed by atoms with van der Waals surface area (Å²) in [5.74, 6) is 3.48. The van der Waals surface area contributed by atoms with Crippen molar-refractivity contribution < 1.29 is 4.74 Å². The monoisotopic (exact) mass is 404 g/mol. The second-order valence-electron chi connectivity index (χ2n) is 9.20. The quantitative estimate of drug-likeness (QED) is 0.366. The van der Waals surface area contributed by atoms with E-state index in [0.29, 0.717) is 11.8 Å². The topological polar surface area (TPSA) is 27.1 Å². The molecule has 0 atom stereocenters. The number of hydrogen-bond donors (Lipinski definition) is 0. The molecule has 3 aromatic rings. The lowest BCUT2D eigenvalue weighted by Crippen LogP contribution is -2.13. The molecule has 1 heterocycles. The highest BCUT2D eigenvalue weighted by molar-refractivity contribution is 5.76. The molecule has 1 aliphatic rings. The van der Waals surface area contributed by atoms with Gasteiger partial charge in [-0.3, -0.25) is 0 Å². The van der Waals surface area contributed by atoms with Gasteiger partial charge >= 0.3 is 0 Å². The first kappa shape index (κ1) is 21.0. The predicted molar refractivity (Wildman–Crippen MR) is 126 cm³/mol. The van der Waals surface area contributed by atoms with Crippen LogP contribution in [0.1, 0.15) is 87.6 Å². The number of benzene rings is 2. The molecule has 1 aliphatic carbocycles. The highest BCUT2D eigenvalue weighted by Gasteiger charge is 2.22. The van der Waals surface area contributed by atoms with Crippen LogP contribution >= 0.6 is 0 Å². The molecular formula is C27H36N2O. The van der Waals surface area contributed by atoms with Crippen molar-refractivity contribution in [2.45, 2.75) is 84.1 Å². The first-order valence-corrected chi connectivity index (χ1v) is 11.8. The Morgan fingerprint density at radius 3 is 2.63 bits per heavy atom. The van der Waals surface area contributed by atoms with Gasteiger partial charge in [0.1, 0.15) is 11.6 Å². The van der Waals surface area contributed by atoms with E-state index in [4.69, 9.17) is 9.72 Å². The van der Waals surface area contributed by atoms with Gasteiger partial charge in [-0.25, -0.2) is 4.98 Å². The second-order valence-corrected chi connectivity index (χ2v) is 9.20. The molecule has 0 spiro atoms. The van der Waals surface area contributed by atoms with Gasteiger partial charge in [0, 0.05) is 12.5 Å². The fourth-order valence-corrected chi connectivity index (χ4v) is 4.80. The maximum atomic E-state index is 6.21. The van der Waals surface area contributed by atoms with Crippen LogP contribution in [0, 0.1) is 6.92 Å². The molecule has 2 aromatic carbocycles. The van der Waals surface area contributed by atoms with Crippen LogP contribution in [0.2, 0.25) is 0 Å². The van der Waals surface area contributed by atoms with Crippen LogP contribution in [0.4, 0.5) is 0 Å².